The van der Waals surface area contributed by atoms with E-state index in [2.05, 4.69) is 27.5 Å². The van der Waals surface area contributed by atoms with Gasteiger partial charge in [-0.15, -0.1) is 0 Å². The van der Waals surface area contributed by atoms with Crippen LogP contribution >= 0.6 is 0 Å². The number of rotatable bonds is 6. The van der Waals surface area contributed by atoms with Gasteiger partial charge in [-0.2, -0.15) is 13.2 Å². The van der Waals surface area contributed by atoms with Gasteiger partial charge in [0.25, 0.3) is 5.91 Å². The molecule has 0 unspecified atom stereocenters. The molecule has 1 aromatic rings. The molecule has 0 aromatic carbocycles. The molecule has 0 aliphatic heterocycles. The van der Waals surface area contributed by atoms with E-state index in [1.165, 1.54) is 32.1 Å². The minimum absolute atomic E-state index is 0.0369. The van der Waals surface area contributed by atoms with E-state index in [9.17, 15) is 18.0 Å². The number of nitrogens with one attached hydrogen (secondary N) is 2. The van der Waals surface area contributed by atoms with Crippen LogP contribution in [0.1, 0.15) is 74.5 Å². The van der Waals surface area contributed by atoms with Gasteiger partial charge >= 0.3 is 6.18 Å². The lowest BCUT2D eigenvalue weighted by molar-refractivity contribution is -0.141. The quantitative estimate of drug-likeness (QED) is 0.761. The summed E-state index contributed by atoms with van der Waals surface area (Å²) in [6, 6.07) is 1.02. The van der Waals surface area contributed by atoms with Gasteiger partial charge in [-0.1, -0.05) is 26.2 Å². The molecule has 156 valence electrons. The molecule has 2 aliphatic rings. The molecule has 28 heavy (non-hydrogen) atoms. The number of alkyl halides is 3. The summed E-state index contributed by atoms with van der Waals surface area (Å²) in [5.74, 6) is 1.05. The molecule has 2 aliphatic carbocycles. The summed E-state index contributed by atoms with van der Waals surface area (Å²) in [5.41, 5.74) is -1.34. The first-order valence-electron chi connectivity index (χ1n) is 10.3. The normalized spacial score (nSPS) is 28.3. The second kappa shape index (κ2) is 9.20. The van der Waals surface area contributed by atoms with Gasteiger partial charge in [0.05, 0.1) is 0 Å². The third kappa shape index (κ3) is 5.65. The van der Waals surface area contributed by atoms with Crippen molar-refractivity contribution in [2.45, 2.75) is 76.6 Å². The molecule has 0 bridgehead atoms. The molecular formula is C20H29F3N4O. The zero-order valence-electron chi connectivity index (χ0n) is 16.3. The lowest BCUT2D eigenvalue weighted by atomic mass is 9.81. The maximum absolute atomic E-state index is 12.7. The van der Waals surface area contributed by atoms with E-state index < -0.39 is 17.8 Å². The Labute approximate surface area is 163 Å². The number of carbonyl (C=O) groups excluding carboxylic acids is 1. The summed E-state index contributed by atoms with van der Waals surface area (Å²) < 4.78 is 38.2. The van der Waals surface area contributed by atoms with Crippen LogP contribution in [0.4, 0.5) is 13.2 Å². The molecule has 0 radical (unpaired) electrons. The fraction of sp³-hybridized carbons (Fsp3) is 0.750. The Kier molecular flexibility index (Phi) is 6.91. The van der Waals surface area contributed by atoms with Crippen LogP contribution in [0.2, 0.25) is 0 Å². The molecule has 1 amide bonds. The fourth-order valence-corrected chi connectivity index (χ4v) is 4.37. The molecule has 1 aromatic heterocycles. The average Bonchev–Trinajstić information content (AvgIpc) is 3.13. The largest absolute Gasteiger partial charge is 0.433 e. The highest BCUT2D eigenvalue weighted by Crippen LogP contribution is 2.31. The molecule has 3 rings (SSSR count). The molecule has 8 heteroatoms. The van der Waals surface area contributed by atoms with E-state index in [1.54, 1.807) is 0 Å². The third-order valence-corrected chi connectivity index (χ3v) is 6.20. The van der Waals surface area contributed by atoms with Crippen LogP contribution in [0.3, 0.4) is 0 Å². The van der Waals surface area contributed by atoms with E-state index in [-0.39, 0.29) is 11.7 Å². The van der Waals surface area contributed by atoms with E-state index in [4.69, 9.17) is 0 Å². The van der Waals surface area contributed by atoms with E-state index >= 15 is 0 Å². The number of hydrogen-bond acceptors (Lipinski definition) is 4. The van der Waals surface area contributed by atoms with Gasteiger partial charge < -0.3 is 10.6 Å². The minimum atomic E-state index is -4.59. The summed E-state index contributed by atoms with van der Waals surface area (Å²) in [4.78, 5) is 19.1. The van der Waals surface area contributed by atoms with Gasteiger partial charge in [0.1, 0.15) is 17.7 Å². The van der Waals surface area contributed by atoms with Crippen LogP contribution in [0.15, 0.2) is 12.4 Å². The smallest absolute Gasteiger partial charge is 0.348 e. The summed E-state index contributed by atoms with van der Waals surface area (Å²) in [5, 5.41) is 6.45. The Balaban J connectivity index is 1.43. The third-order valence-electron chi connectivity index (χ3n) is 6.20. The van der Waals surface area contributed by atoms with Crippen molar-refractivity contribution in [2.75, 3.05) is 6.54 Å². The Hall–Kier alpha value is -1.70. The summed E-state index contributed by atoms with van der Waals surface area (Å²) in [7, 11) is 0. The van der Waals surface area contributed by atoms with Crippen LogP contribution in [-0.2, 0) is 6.18 Å². The molecular weight excluding hydrogens is 369 g/mol. The van der Waals surface area contributed by atoms with Gasteiger partial charge in [0.2, 0.25) is 0 Å². The Bertz CT molecular complexity index is 659. The number of aromatic nitrogens is 2. The van der Waals surface area contributed by atoms with Crippen LogP contribution in [0, 0.1) is 11.8 Å². The lowest BCUT2D eigenvalue weighted by Crippen LogP contribution is -2.37. The van der Waals surface area contributed by atoms with Crippen molar-refractivity contribution in [3.8, 4) is 0 Å². The lowest BCUT2D eigenvalue weighted by Gasteiger charge is -2.29. The van der Waals surface area contributed by atoms with Gasteiger partial charge in [-0.05, 0) is 50.5 Å². The molecule has 1 heterocycles. The number of nitrogens with zero attached hydrogens (tertiary/aromatic N) is 2. The zero-order valence-corrected chi connectivity index (χ0v) is 16.3. The standard InChI is InChI=1S/C20H29F3N4O/c1-2-13-3-5-14(6-4-13)11-24-15-7-8-16(9-15)27-19(28)17-10-18(20(21,22)23)26-12-25-17/h10,12-16,24H,2-9,11H2,1H3,(H,27,28)/t13?,14?,15-,16-/m0/s1. The molecule has 2 saturated carbocycles. The molecule has 2 N–H and O–H groups in total. The maximum atomic E-state index is 12.7. The van der Waals surface area contributed by atoms with Crippen LogP contribution in [0.25, 0.3) is 0 Å². The van der Waals surface area contributed by atoms with Crippen molar-refractivity contribution < 1.29 is 18.0 Å². The van der Waals surface area contributed by atoms with Crippen molar-refractivity contribution in [3.05, 3.63) is 23.8 Å². The predicted octanol–water partition coefficient (Wildman–Crippen LogP) is 3.95. The summed E-state index contributed by atoms with van der Waals surface area (Å²) in [6.07, 6.45) is 5.28. The minimum Gasteiger partial charge on any atom is -0.348 e. The summed E-state index contributed by atoms with van der Waals surface area (Å²) in [6.45, 7) is 3.28. The van der Waals surface area contributed by atoms with Crippen LogP contribution < -0.4 is 10.6 Å². The van der Waals surface area contributed by atoms with E-state index in [0.29, 0.717) is 12.1 Å². The first-order valence-corrected chi connectivity index (χ1v) is 10.3. The SMILES string of the molecule is CCC1CCC(CN[C@H]2CC[C@H](NC(=O)c3cc(C(F)(F)F)ncn3)C2)CC1. The molecule has 5 nitrogen and oxygen atoms in total. The first-order chi connectivity index (χ1) is 13.3. The first kappa shape index (κ1) is 21.0. The van der Waals surface area contributed by atoms with Crippen molar-refractivity contribution >= 4 is 5.91 Å². The fourth-order valence-electron chi connectivity index (χ4n) is 4.37. The second-order valence-electron chi connectivity index (χ2n) is 8.17. The number of halogens is 3. The monoisotopic (exact) mass is 398 g/mol. The van der Waals surface area contributed by atoms with Gasteiger partial charge in [0, 0.05) is 18.2 Å². The number of amides is 1. The highest BCUT2D eigenvalue weighted by atomic mass is 19.4. The average molecular weight is 398 g/mol. The number of hydrogen-bond donors (Lipinski definition) is 2. The van der Waals surface area contributed by atoms with Crippen molar-refractivity contribution in [2.24, 2.45) is 11.8 Å². The molecule has 2 fully saturated rings. The van der Waals surface area contributed by atoms with Gasteiger partial charge in [-0.25, -0.2) is 9.97 Å². The van der Waals surface area contributed by atoms with Gasteiger partial charge in [-0.3, -0.25) is 4.79 Å². The highest BCUT2D eigenvalue weighted by Gasteiger charge is 2.34. The Morgan fingerprint density at radius 3 is 2.43 bits per heavy atom. The molecule has 0 saturated heterocycles. The van der Waals surface area contributed by atoms with Crippen molar-refractivity contribution in [1.29, 1.82) is 0 Å². The zero-order chi connectivity index (χ0) is 20.1. The van der Waals surface area contributed by atoms with Gasteiger partial charge in [0.15, 0.2) is 0 Å². The Morgan fingerprint density at radius 2 is 1.75 bits per heavy atom. The maximum Gasteiger partial charge on any atom is 0.433 e. The van der Waals surface area contributed by atoms with Crippen LogP contribution in [0.5, 0.6) is 0 Å². The second-order valence-corrected chi connectivity index (χ2v) is 8.17. The van der Waals surface area contributed by atoms with E-state index in [0.717, 1.165) is 44.0 Å². The molecule has 0 spiro atoms. The highest BCUT2D eigenvalue weighted by molar-refractivity contribution is 5.92. The van der Waals surface area contributed by atoms with Crippen LogP contribution in [-0.4, -0.2) is 34.5 Å². The number of carbonyl (C=O) groups is 1. The van der Waals surface area contributed by atoms with Crippen molar-refractivity contribution in [1.82, 2.24) is 20.6 Å². The molecule has 2 atom stereocenters. The van der Waals surface area contributed by atoms with E-state index in [1.807, 2.05) is 0 Å². The Morgan fingerprint density at radius 1 is 1.07 bits per heavy atom. The van der Waals surface area contributed by atoms with Crippen molar-refractivity contribution in [3.63, 3.8) is 0 Å². The topological polar surface area (TPSA) is 66.9 Å². The summed E-state index contributed by atoms with van der Waals surface area (Å²) >= 11 is 0. The predicted molar refractivity (Wildman–Crippen MR) is 99.7 cm³/mol.